The molecule has 2 nitrogen and oxygen atoms in total. The second kappa shape index (κ2) is 6.72. The highest BCUT2D eigenvalue weighted by Crippen LogP contribution is 2.27. The van der Waals surface area contributed by atoms with Crippen LogP contribution in [0.25, 0.3) is 10.2 Å². The van der Waals surface area contributed by atoms with Crippen LogP contribution in [0.2, 0.25) is 0 Å². The Hall–Kier alpha value is -1.87. The molecular formula is C18H20N2S. The molecule has 108 valence electrons. The zero-order valence-corrected chi connectivity index (χ0v) is 13.1. The number of aromatic nitrogens is 1. The Bertz CT molecular complexity index is 704. The number of anilines is 1. The van der Waals surface area contributed by atoms with Gasteiger partial charge in [0.1, 0.15) is 0 Å². The van der Waals surface area contributed by atoms with E-state index in [1.165, 1.54) is 28.7 Å². The lowest BCUT2D eigenvalue weighted by molar-refractivity contribution is 0.796. The van der Waals surface area contributed by atoms with E-state index >= 15 is 0 Å². The van der Waals surface area contributed by atoms with E-state index in [1.807, 2.05) is 6.07 Å². The van der Waals surface area contributed by atoms with E-state index in [2.05, 4.69) is 59.7 Å². The molecule has 0 bridgehead atoms. The first-order valence-corrected chi connectivity index (χ1v) is 8.34. The van der Waals surface area contributed by atoms with Crippen molar-refractivity contribution in [2.45, 2.75) is 32.7 Å². The van der Waals surface area contributed by atoms with Crippen LogP contribution in [0.5, 0.6) is 0 Å². The molecule has 0 unspecified atom stereocenters. The summed E-state index contributed by atoms with van der Waals surface area (Å²) in [5.74, 6) is 0. The largest absolute Gasteiger partial charge is 0.357 e. The average Bonchev–Trinajstić information content (AvgIpc) is 2.94. The topological polar surface area (TPSA) is 24.9 Å². The van der Waals surface area contributed by atoms with Crippen molar-refractivity contribution in [2.75, 3.05) is 5.32 Å². The molecule has 0 saturated heterocycles. The molecular weight excluding hydrogens is 276 g/mol. The van der Waals surface area contributed by atoms with Gasteiger partial charge in [-0.2, -0.15) is 0 Å². The number of fused-ring (bicyclic) bond motifs is 1. The highest BCUT2D eigenvalue weighted by atomic mass is 32.1. The molecule has 0 amide bonds. The first-order valence-electron chi connectivity index (χ1n) is 7.52. The van der Waals surface area contributed by atoms with E-state index in [0.717, 1.165) is 23.6 Å². The Morgan fingerprint density at radius 1 is 1.05 bits per heavy atom. The number of unbranched alkanes of at least 4 members (excludes halogenated alkanes) is 1. The van der Waals surface area contributed by atoms with Crippen LogP contribution in [0.4, 0.5) is 5.13 Å². The average molecular weight is 296 g/mol. The van der Waals surface area contributed by atoms with Crippen molar-refractivity contribution in [2.24, 2.45) is 0 Å². The fourth-order valence-corrected chi connectivity index (χ4v) is 3.28. The van der Waals surface area contributed by atoms with Gasteiger partial charge in [0.25, 0.3) is 0 Å². The number of rotatable bonds is 6. The van der Waals surface area contributed by atoms with Gasteiger partial charge in [-0.3, -0.25) is 0 Å². The number of benzene rings is 2. The van der Waals surface area contributed by atoms with Crippen molar-refractivity contribution in [1.29, 1.82) is 0 Å². The summed E-state index contributed by atoms with van der Waals surface area (Å²) in [6, 6.07) is 17.1. The van der Waals surface area contributed by atoms with Gasteiger partial charge in [-0.1, -0.05) is 61.1 Å². The zero-order valence-electron chi connectivity index (χ0n) is 12.3. The van der Waals surface area contributed by atoms with Gasteiger partial charge in [0.05, 0.1) is 10.2 Å². The van der Waals surface area contributed by atoms with E-state index in [4.69, 9.17) is 0 Å². The molecule has 0 fully saturated rings. The summed E-state index contributed by atoms with van der Waals surface area (Å²) in [5.41, 5.74) is 3.79. The second-order valence-electron chi connectivity index (χ2n) is 5.26. The smallest absolute Gasteiger partial charge is 0.184 e. The summed E-state index contributed by atoms with van der Waals surface area (Å²) >= 11 is 1.74. The quantitative estimate of drug-likeness (QED) is 0.672. The van der Waals surface area contributed by atoms with Crippen LogP contribution in [-0.2, 0) is 13.0 Å². The van der Waals surface area contributed by atoms with Crippen LogP contribution in [0, 0.1) is 0 Å². The van der Waals surface area contributed by atoms with Crippen LogP contribution in [-0.4, -0.2) is 4.98 Å². The van der Waals surface area contributed by atoms with E-state index in [9.17, 15) is 0 Å². The van der Waals surface area contributed by atoms with Gasteiger partial charge in [-0.05, 0) is 36.1 Å². The molecule has 0 aliphatic rings. The Kier molecular flexibility index (Phi) is 4.51. The number of nitrogens with one attached hydrogen (secondary N) is 1. The lowest BCUT2D eigenvalue weighted by Crippen LogP contribution is -1.97. The molecule has 1 N–H and O–H groups in total. The molecule has 1 heterocycles. The van der Waals surface area contributed by atoms with Gasteiger partial charge < -0.3 is 5.32 Å². The number of hydrogen-bond donors (Lipinski definition) is 1. The monoisotopic (exact) mass is 296 g/mol. The van der Waals surface area contributed by atoms with Crippen LogP contribution >= 0.6 is 11.3 Å². The number of nitrogens with zero attached hydrogens (tertiary/aromatic N) is 1. The van der Waals surface area contributed by atoms with Crippen molar-refractivity contribution in [1.82, 2.24) is 4.98 Å². The summed E-state index contributed by atoms with van der Waals surface area (Å²) in [5, 5.41) is 4.42. The fourth-order valence-electron chi connectivity index (χ4n) is 2.35. The van der Waals surface area contributed by atoms with Crippen LogP contribution in [0.15, 0.2) is 48.5 Å². The molecule has 1 aromatic heterocycles. The maximum atomic E-state index is 4.66. The first kappa shape index (κ1) is 14.1. The highest BCUT2D eigenvalue weighted by Gasteiger charge is 2.04. The zero-order chi connectivity index (χ0) is 14.5. The molecule has 0 aliphatic heterocycles. The summed E-state index contributed by atoms with van der Waals surface area (Å²) < 4.78 is 1.28. The Morgan fingerprint density at radius 3 is 2.71 bits per heavy atom. The van der Waals surface area contributed by atoms with Crippen molar-refractivity contribution in [3.63, 3.8) is 0 Å². The first-order chi connectivity index (χ1) is 10.3. The summed E-state index contributed by atoms with van der Waals surface area (Å²) in [4.78, 5) is 4.66. The highest BCUT2D eigenvalue weighted by molar-refractivity contribution is 7.22. The second-order valence-corrected chi connectivity index (χ2v) is 6.29. The summed E-state index contributed by atoms with van der Waals surface area (Å²) in [7, 11) is 0. The van der Waals surface area contributed by atoms with Gasteiger partial charge >= 0.3 is 0 Å². The van der Waals surface area contributed by atoms with E-state index in [0.29, 0.717) is 0 Å². The lowest BCUT2D eigenvalue weighted by atomic mass is 10.1. The molecule has 21 heavy (non-hydrogen) atoms. The summed E-state index contributed by atoms with van der Waals surface area (Å²) in [6.45, 7) is 3.06. The molecule has 2 aromatic carbocycles. The third-order valence-electron chi connectivity index (χ3n) is 3.56. The number of aryl methyl sites for hydroxylation is 1. The summed E-state index contributed by atoms with van der Waals surface area (Å²) in [6.07, 6.45) is 3.66. The Morgan fingerprint density at radius 2 is 1.90 bits per heavy atom. The maximum absolute atomic E-state index is 4.66. The Labute approximate surface area is 129 Å². The predicted octanol–water partition coefficient (Wildman–Crippen LogP) is 5.25. The molecule has 0 aliphatic carbocycles. The van der Waals surface area contributed by atoms with Gasteiger partial charge in [0.15, 0.2) is 5.13 Å². The molecule has 3 heteroatoms. The third kappa shape index (κ3) is 3.61. The molecule has 3 aromatic rings. The van der Waals surface area contributed by atoms with Gasteiger partial charge in [-0.25, -0.2) is 4.98 Å². The van der Waals surface area contributed by atoms with E-state index in [1.54, 1.807) is 11.3 Å². The van der Waals surface area contributed by atoms with Gasteiger partial charge in [0.2, 0.25) is 0 Å². The van der Waals surface area contributed by atoms with Crippen LogP contribution in [0.1, 0.15) is 30.9 Å². The van der Waals surface area contributed by atoms with Crippen molar-refractivity contribution in [3.05, 3.63) is 59.7 Å². The normalized spacial score (nSPS) is 10.9. The van der Waals surface area contributed by atoms with Gasteiger partial charge in [0, 0.05) is 6.54 Å². The van der Waals surface area contributed by atoms with Gasteiger partial charge in [-0.15, -0.1) is 0 Å². The molecule has 3 rings (SSSR count). The molecule has 0 atom stereocenters. The minimum atomic E-state index is 0.823. The maximum Gasteiger partial charge on any atom is 0.184 e. The van der Waals surface area contributed by atoms with E-state index in [-0.39, 0.29) is 0 Å². The SMILES string of the molecule is CCCCc1ccc2nc(NCc3ccccc3)sc2c1. The standard InChI is InChI=1S/C18H20N2S/c1-2-3-7-14-10-11-16-17(12-14)21-18(20-16)19-13-15-8-5-4-6-9-15/h4-6,8-12H,2-3,7,13H2,1H3,(H,19,20). The predicted molar refractivity (Wildman–Crippen MR) is 92.0 cm³/mol. The fraction of sp³-hybridized carbons (Fsp3) is 0.278. The third-order valence-corrected chi connectivity index (χ3v) is 4.53. The van der Waals surface area contributed by atoms with E-state index < -0.39 is 0 Å². The molecule has 0 radical (unpaired) electrons. The van der Waals surface area contributed by atoms with Crippen molar-refractivity contribution in [3.8, 4) is 0 Å². The molecule has 0 saturated carbocycles. The Balaban J connectivity index is 1.71. The number of thiazole rings is 1. The van der Waals surface area contributed by atoms with Crippen LogP contribution in [0.3, 0.4) is 0 Å². The van der Waals surface area contributed by atoms with Crippen LogP contribution < -0.4 is 5.32 Å². The molecule has 0 spiro atoms. The number of hydrogen-bond acceptors (Lipinski definition) is 3. The minimum Gasteiger partial charge on any atom is -0.357 e. The van der Waals surface area contributed by atoms with Crippen molar-refractivity contribution >= 4 is 26.7 Å². The lowest BCUT2D eigenvalue weighted by Gasteiger charge is -2.01. The van der Waals surface area contributed by atoms with Crippen molar-refractivity contribution < 1.29 is 0 Å². The minimum absolute atomic E-state index is 0.823.